The van der Waals surface area contributed by atoms with Crippen molar-refractivity contribution < 1.29 is 4.79 Å². The van der Waals surface area contributed by atoms with Crippen LogP contribution in [0.2, 0.25) is 0 Å². The Kier molecular flexibility index (Phi) is 1.65. The number of benzene rings is 1. The van der Waals surface area contributed by atoms with E-state index in [4.69, 9.17) is 0 Å². The van der Waals surface area contributed by atoms with Crippen molar-refractivity contribution in [2.75, 3.05) is 0 Å². The van der Waals surface area contributed by atoms with E-state index in [1.54, 1.807) is 0 Å². The molecule has 0 bridgehead atoms. The van der Waals surface area contributed by atoms with Gasteiger partial charge in [0.05, 0.1) is 0 Å². The van der Waals surface area contributed by atoms with Crippen molar-refractivity contribution in [2.24, 2.45) is 0 Å². The van der Waals surface area contributed by atoms with Crippen molar-refractivity contribution >= 4 is 30.4 Å². The van der Waals surface area contributed by atoms with Gasteiger partial charge in [-0.05, 0) is 0 Å². The minimum absolute atomic E-state index is 0.262. The minimum atomic E-state index is 0.262. The number of rotatable bonds is 1. The number of fused-ring (bicyclic) bond motifs is 1. The summed E-state index contributed by atoms with van der Waals surface area (Å²) in [5, 5.41) is 1.22. The average Bonchev–Trinajstić information content (AvgIpc) is 2.46. The Morgan fingerprint density at radius 3 is 2.82 bits per heavy atom. The molecule has 0 aliphatic rings. The number of carbonyl (C=O) groups is 1. The molecule has 2 rings (SSSR count). The fourth-order valence-electron chi connectivity index (χ4n) is 1.06. The van der Waals surface area contributed by atoms with Crippen LogP contribution in [0.25, 0.3) is 9.65 Å². The molecule has 0 radical (unpaired) electrons. The van der Waals surface area contributed by atoms with Gasteiger partial charge < -0.3 is 0 Å². The van der Waals surface area contributed by atoms with Gasteiger partial charge in [0.15, 0.2) is 0 Å². The average molecular weight is 209 g/mol. The van der Waals surface area contributed by atoms with E-state index in [0.29, 0.717) is 0 Å². The van der Waals surface area contributed by atoms with Gasteiger partial charge in [0, 0.05) is 0 Å². The normalized spacial score (nSPS) is 10.2. The molecule has 1 aromatic heterocycles. The van der Waals surface area contributed by atoms with Gasteiger partial charge in [-0.25, -0.2) is 0 Å². The first-order valence-electron chi connectivity index (χ1n) is 3.34. The second kappa shape index (κ2) is 2.65. The Bertz CT molecular complexity index is 356. The van der Waals surface area contributed by atoms with Gasteiger partial charge >= 0.3 is 70.0 Å². The van der Waals surface area contributed by atoms with Crippen LogP contribution in [0, 0.1) is 0 Å². The number of carbonyl (C=O) groups excluding carboxylic acids is 1. The SMILES string of the molecule is O=Cc1cc2ccccc2[se]1. The van der Waals surface area contributed by atoms with E-state index in [2.05, 4.69) is 6.07 Å². The monoisotopic (exact) mass is 210 g/mol. The van der Waals surface area contributed by atoms with Crippen LogP contribution in [0.3, 0.4) is 0 Å². The second-order valence-electron chi connectivity index (χ2n) is 2.30. The molecule has 0 fully saturated rings. The molecule has 2 heteroatoms. The molecule has 2 aromatic rings. The van der Waals surface area contributed by atoms with Crippen LogP contribution in [-0.2, 0) is 0 Å². The molecule has 0 saturated heterocycles. The second-order valence-corrected chi connectivity index (χ2v) is 4.64. The molecule has 0 unspecified atom stereocenters. The van der Waals surface area contributed by atoms with E-state index in [1.807, 2.05) is 24.3 Å². The maximum atomic E-state index is 10.4. The Balaban J connectivity index is 2.78. The van der Waals surface area contributed by atoms with E-state index in [-0.39, 0.29) is 14.5 Å². The molecule has 11 heavy (non-hydrogen) atoms. The van der Waals surface area contributed by atoms with Crippen LogP contribution in [0.5, 0.6) is 0 Å². The molecule has 1 nitrogen and oxygen atoms in total. The summed E-state index contributed by atoms with van der Waals surface area (Å²) in [5.74, 6) is 0. The molecule has 0 aliphatic heterocycles. The quantitative estimate of drug-likeness (QED) is 0.516. The molecule has 0 N–H and O–H groups in total. The van der Waals surface area contributed by atoms with Crippen LogP contribution in [0.4, 0.5) is 0 Å². The first-order valence-corrected chi connectivity index (χ1v) is 5.05. The molecule has 0 spiro atoms. The Labute approximate surface area is 70.4 Å². The zero-order valence-corrected chi connectivity index (χ0v) is 7.49. The third-order valence-electron chi connectivity index (χ3n) is 1.56. The van der Waals surface area contributed by atoms with Crippen molar-refractivity contribution in [3.63, 3.8) is 0 Å². The molecule has 54 valence electrons. The third-order valence-corrected chi connectivity index (χ3v) is 3.75. The summed E-state index contributed by atoms with van der Waals surface area (Å²) in [7, 11) is 0. The Hall–Kier alpha value is -0.851. The standard InChI is InChI=1S/C9H6OSe/c10-6-8-5-7-3-1-2-4-9(7)11-8/h1-6H. The summed E-state index contributed by atoms with van der Waals surface area (Å²) >= 11 is 0.262. The zero-order valence-electron chi connectivity index (χ0n) is 5.78. The van der Waals surface area contributed by atoms with Crippen LogP contribution in [-0.4, -0.2) is 20.8 Å². The Morgan fingerprint density at radius 1 is 1.27 bits per heavy atom. The van der Waals surface area contributed by atoms with Crippen molar-refractivity contribution in [3.8, 4) is 0 Å². The van der Waals surface area contributed by atoms with Crippen LogP contribution < -0.4 is 0 Å². The third kappa shape index (κ3) is 1.15. The number of hydrogen-bond acceptors (Lipinski definition) is 1. The van der Waals surface area contributed by atoms with Gasteiger partial charge in [-0.15, -0.1) is 0 Å². The molecular weight excluding hydrogens is 203 g/mol. The van der Waals surface area contributed by atoms with Gasteiger partial charge in [0.1, 0.15) is 0 Å². The fraction of sp³-hybridized carbons (Fsp3) is 0. The molecule has 0 saturated carbocycles. The molecule has 1 aromatic carbocycles. The van der Waals surface area contributed by atoms with Crippen LogP contribution in [0.1, 0.15) is 9.23 Å². The van der Waals surface area contributed by atoms with Crippen molar-refractivity contribution in [1.82, 2.24) is 0 Å². The van der Waals surface area contributed by atoms with Crippen LogP contribution >= 0.6 is 0 Å². The molecular formula is C9H6OSe. The topological polar surface area (TPSA) is 17.1 Å². The van der Waals surface area contributed by atoms with Gasteiger partial charge in [0.2, 0.25) is 0 Å². The van der Waals surface area contributed by atoms with Crippen molar-refractivity contribution in [2.45, 2.75) is 0 Å². The predicted molar refractivity (Wildman–Crippen MR) is 46.3 cm³/mol. The van der Waals surface area contributed by atoms with E-state index in [0.717, 1.165) is 10.7 Å². The first kappa shape index (κ1) is 6.83. The molecule has 0 atom stereocenters. The molecule has 1 heterocycles. The Morgan fingerprint density at radius 2 is 2.09 bits per heavy atom. The summed E-state index contributed by atoms with van der Waals surface area (Å²) in [6.07, 6.45) is 0.958. The predicted octanol–water partition coefficient (Wildman–Crippen LogP) is 1.71. The summed E-state index contributed by atoms with van der Waals surface area (Å²) in [6.45, 7) is 0. The molecule has 0 aliphatic carbocycles. The van der Waals surface area contributed by atoms with Crippen molar-refractivity contribution in [1.29, 1.82) is 0 Å². The van der Waals surface area contributed by atoms with E-state index in [1.165, 1.54) is 9.65 Å². The summed E-state index contributed by atoms with van der Waals surface area (Å²) in [4.78, 5) is 10.4. The van der Waals surface area contributed by atoms with E-state index >= 15 is 0 Å². The summed E-state index contributed by atoms with van der Waals surface area (Å²) < 4.78 is 2.26. The van der Waals surface area contributed by atoms with E-state index < -0.39 is 0 Å². The van der Waals surface area contributed by atoms with Gasteiger partial charge in [0.25, 0.3) is 0 Å². The first-order chi connectivity index (χ1) is 5.40. The fourth-order valence-corrected chi connectivity index (χ4v) is 2.91. The zero-order chi connectivity index (χ0) is 7.68. The van der Waals surface area contributed by atoms with Gasteiger partial charge in [-0.2, -0.15) is 0 Å². The number of hydrogen-bond donors (Lipinski definition) is 0. The molecule has 0 amide bonds. The number of aldehydes is 1. The van der Waals surface area contributed by atoms with Gasteiger partial charge in [-0.1, -0.05) is 0 Å². The summed E-state index contributed by atoms with van der Waals surface area (Å²) in [5.41, 5.74) is 0. The van der Waals surface area contributed by atoms with Crippen LogP contribution in [0.15, 0.2) is 30.3 Å². The van der Waals surface area contributed by atoms with Gasteiger partial charge in [-0.3, -0.25) is 0 Å². The van der Waals surface area contributed by atoms with Crippen molar-refractivity contribution in [3.05, 3.63) is 34.8 Å². The maximum absolute atomic E-state index is 10.4. The van der Waals surface area contributed by atoms with E-state index in [9.17, 15) is 4.79 Å². The summed E-state index contributed by atoms with van der Waals surface area (Å²) in [6, 6.07) is 10.1.